The molecule has 18 heavy (non-hydrogen) atoms. The number of ether oxygens (including phenoxy) is 2. The third-order valence-electron chi connectivity index (χ3n) is 2.13. The normalized spacial score (nSPS) is 13.4. The number of hydrogen-bond donors (Lipinski definition) is 1. The molecule has 0 heterocycles. The van der Waals surface area contributed by atoms with Crippen molar-refractivity contribution >= 4 is 15.9 Å². The van der Waals surface area contributed by atoms with E-state index in [4.69, 9.17) is 9.47 Å². The van der Waals surface area contributed by atoms with Gasteiger partial charge in [0.25, 0.3) is 0 Å². The Morgan fingerprint density at radius 1 is 1.33 bits per heavy atom. The Morgan fingerprint density at radius 3 is 2.56 bits per heavy atom. The summed E-state index contributed by atoms with van der Waals surface area (Å²) in [4.78, 5) is 0. The predicted octanol–water partition coefficient (Wildman–Crippen LogP) is 3.07. The number of halogens is 4. The van der Waals surface area contributed by atoms with Gasteiger partial charge in [-0.05, 0) is 12.1 Å². The molecule has 0 aliphatic heterocycles. The third kappa shape index (κ3) is 4.15. The molecule has 102 valence electrons. The highest BCUT2D eigenvalue weighted by atomic mass is 79.9. The van der Waals surface area contributed by atoms with Crippen LogP contribution in [0.15, 0.2) is 22.7 Å². The van der Waals surface area contributed by atoms with E-state index < -0.39 is 12.3 Å². The fourth-order valence-corrected chi connectivity index (χ4v) is 1.61. The van der Waals surface area contributed by atoms with Crippen molar-refractivity contribution in [1.29, 1.82) is 0 Å². The van der Waals surface area contributed by atoms with Gasteiger partial charge in [0.2, 0.25) is 0 Å². The van der Waals surface area contributed by atoms with Gasteiger partial charge in [-0.25, -0.2) is 0 Å². The summed E-state index contributed by atoms with van der Waals surface area (Å²) in [6.45, 7) is 0.346. The molecular weight excluding hydrogens is 317 g/mol. The Labute approximate surface area is 111 Å². The predicted molar refractivity (Wildman–Crippen MR) is 62.5 cm³/mol. The maximum absolute atomic E-state index is 12.5. The number of methoxy groups -OCH3 is 1. The summed E-state index contributed by atoms with van der Waals surface area (Å²) in [5.41, 5.74) is -0.318. The second kappa shape index (κ2) is 6.40. The molecule has 0 aliphatic carbocycles. The van der Waals surface area contributed by atoms with E-state index in [1.54, 1.807) is 0 Å². The van der Waals surface area contributed by atoms with Gasteiger partial charge in [0.1, 0.15) is 12.4 Å². The van der Waals surface area contributed by atoms with Crippen LogP contribution in [0.2, 0.25) is 0 Å². The zero-order valence-electron chi connectivity index (χ0n) is 9.50. The zero-order valence-corrected chi connectivity index (χ0v) is 11.1. The van der Waals surface area contributed by atoms with Crippen LogP contribution >= 0.6 is 15.9 Å². The van der Waals surface area contributed by atoms with Crippen LogP contribution in [0.4, 0.5) is 13.2 Å². The lowest BCUT2D eigenvalue weighted by Crippen LogP contribution is -2.21. The van der Waals surface area contributed by atoms with E-state index in [2.05, 4.69) is 15.9 Å². The van der Waals surface area contributed by atoms with Gasteiger partial charge in [0.05, 0.1) is 6.61 Å². The molecule has 0 bridgehead atoms. The first-order valence-electron chi connectivity index (χ1n) is 5.02. The standard InChI is InChI=1S/C11H12BrF3O3/c1-17-4-5-18-9-6-7(12)2-3-8(9)10(16)11(13,14)15/h2-3,6,10,16H,4-5H2,1H3/t10-/m1/s1. The zero-order chi connectivity index (χ0) is 13.8. The maximum atomic E-state index is 12.5. The van der Waals surface area contributed by atoms with Crippen LogP contribution in [0, 0.1) is 0 Å². The van der Waals surface area contributed by atoms with Crippen molar-refractivity contribution in [1.82, 2.24) is 0 Å². The molecular formula is C11H12BrF3O3. The topological polar surface area (TPSA) is 38.7 Å². The van der Waals surface area contributed by atoms with Crippen molar-refractivity contribution in [2.75, 3.05) is 20.3 Å². The fourth-order valence-electron chi connectivity index (χ4n) is 1.27. The minimum absolute atomic E-state index is 0.0220. The van der Waals surface area contributed by atoms with Crippen molar-refractivity contribution in [2.45, 2.75) is 12.3 Å². The van der Waals surface area contributed by atoms with Crippen molar-refractivity contribution in [3.63, 3.8) is 0 Å². The summed E-state index contributed by atoms with van der Waals surface area (Å²) in [6.07, 6.45) is -7.30. The van der Waals surface area contributed by atoms with Gasteiger partial charge in [0.15, 0.2) is 6.10 Å². The molecule has 3 nitrogen and oxygen atoms in total. The van der Waals surface area contributed by atoms with Gasteiger partial charge in [-0.1, -0.05) is 22.0 Å². The monoisotopic (exact) mass is 328 g/mol. The van der Waals surface area contributed by atoms with Gasteiger partial charge >= 0.3 is 6.18 Å². The van der Waals surface area contributed by atoms with Gasteiger partial charge in [-0.3, -0.25) is 0 Å². The Morgan fingerprint density at radius 2 is 2.00 bits per heavy atom. The van der Waals surface area contributed by atoms with E-state index in [1.165, 1.54) is 25.3 Å². The molecule has 0 spiro atoms. The molecule has 0 saturated heterocycles. The first-order chi connectivity index (χ1) is 8.36. The maximum Gasteiger partial charge on any atom is 0.418 e. The summed E-state index contributed by atoms with van der Waals surface area (Å²) >= 11 is 3.13. The molecule has 0 unspecified atom stereocenters. The molecule has 0 aromatic heterocycles. The largest absolute Gasteiger partial charge is 0.491 e. The summed E-state index contributed by atoms with van der Waals surface area (Å²) in [7, 11) is 1.45. The first-order valence-corrected chi connectivity index (χ1v) is 5.81. The van der Waals surface area contributed by atoms with Crippen LogP contribution < -0.4 is 4.74 Å². The number of hydrogen-bond acceptors (Lipinski definition) is 3. The quantitative estimate of drug-likeness (QED) is 0.844. The van der Waals surface area contributed by atoms with Gasteiger partial charge < -0.3 is 14.6 Å². The van der Waals surface area contributed by atoms with Crippen LogP contribution in [0.5, 0.6) is 5.75 Å². The van der Waals surface area contributed by atoms with Crippen LogP contribution in [0.1, 0.15) is 11.7 Å². The highest BCUT2D eigenvalue weighted by molar-refractivity contribution is 9.10. The van der Waals surface area contributed by atoms with Crippen LogP contribution in [0.3, 0.4) is 0 Å². The average Bonchev–Trinajstić information content (AvgIpc) is 2.27. The number of aliphatic hydroxyl groups excluding tert-OH is 1. The fraction of sp³-hybridized carbons (Fsp3) is 0.455. The Bertz CT molecular complexity index is 396. The lowest BCUT2D eigenvalue weighted by molar-refractivity contribution is -0.207. The van der Waals surface area contributed by atoms with Crippen LogP contribution in [0.25, 0.3) is 0 Å². The van der Waals surface area contributed by atoms with Crippen molar-refractivity contribution in [3.05, 3.63) is 28.2 Å². The highest BCUT2D eigenvalue weighted by Crippen LogP contribution is 2.38. The number of aliphatic hydroxyl groups is 1. The molecule has 0 saturated carbocycles. The van der Waals surface area contributed by atoms with Crippen LogP contribution in [-0.2, 0) is 4.74 Å². The molecule has 0 amide bonds. The third-order valence-corrected chi connectivity index (χ3v) is 2.62. The minimum Gasteiger partial charge on any atom is -0.491 e. The SMILES string of the molecule is COCCOc1cc(Br)ccc1[C@@H](O)C(F)(F)F. The van der Waals surface area contributed by atoms with E-state index in [-0.39, 0.29) is 24.5 Å². The lowest BCUT2D eigenvalue weighted by atomic mass is 10.1. The molecule has 7 heteroatoms. The first kappa shape index (κ1) is 15.3. The smallest absolute Gasteiger partial charge is 0.418 e. The summed E-state index contributed by atoms with van der Waals surface area (Å²) < 4.78 is 47.8. The second-order valence-electron chi connectivity index (χ2n) is 3.47. The Hall–Kier alpha value is -0.790. The van der Waals surface area contributed by atoms with E-state index in [9.17, 15) is 18.3 Å². The lowest BCUT2D eigenvalue weighted by Gasteiger charge is -2.18. The number of benzene rings is 1. The summed E-state index contributed by atoms with van der Waals surface area (Å²) in [6, 6.07) is 3.96. The van der Waals surface area contributed by atoms with Gasteiger partial charge in [-0.15, -0.1) is 0 Å². The van der Waals surface area contributed by atoms with E-state index in [0.717, 1.165) is 0 Å². The van der Waals surface area contributed by atoms with Gasteiger partial charge in [0, 0.05) is 17.1 Å². The second-order valence-corrected chi connectivity index (χ2v) is 4.38. The molecule has 0 radical (unpaired) electrons. The summed E-state index contributed by atoms with van der Waals surface area (Å²) in [5, 5.41) is 9.23. The van der Waals surface area contributed by atoms with Crippen LogP contribution in [-0.4, -0.2) is 31.6 Å². The Kier molecular flexibility index (Phi) is 5.43. The molecule has 1 aromatic carbocycles. The van der Waals surface area contributed by atoms with Crippen molar-refractivity contribution < 1.29 is 27.8 Å². The molecule has 0 aliphatic rings. The highest BCUT2D eigenvalue weighted by Gasteiger charge is 2.40. The minimum atomic E-state index is -4.73. The van der Waals surface area contributed by atoms with Crippen molar-refractivity contribution in [2.24, 2.45) is 0 Å². The molecule has 1 rings (SSSR count). The molecule has 1 aromatic rings. The Balaban J connectivity index is 2.96. The number of alkyl halides is 3. The van der Waals surface area contributed by atoms with Gasteiger partial charge in [-0.2, -0.15) is 13.2 Å². The van der Waals surface area contributed by atoms with Crippen molar-refractivity contribution in [3.8, 4) is 5.75 Å². The molecule has 1 atom stereocenters. The van der Waals surface area contributed by atoms with E-state index in [0.29, 0.717) is 4.47 Å². The number of rotatable bonds is 5. The average molecular weight is 329 g/mol. The summed E-state index contributed by atoms with van der Waals surface area (Å²) in [5.74, 6) is -0.0220. The molecule has 0 fully saturated rings. The van der Waals surface area contributed by atoms with E-state index in [1.807, 2.05) is 0 Å². The molecule has 1 N–H and O–H groups in total. The van der Waals surface area contributed by atoms with E-state index >= 15 is 0 Å².